The van der Waals surface area contributed by atoms with Crippen molar-refractivity contribution >= 4 is 24.7 Å². The lowest BCUT2D eigenvalue weighted by atomic mass is 9.72. The summed E-state index contributed by atoms with van der Waals surface area (Å²) in [5.41, 5.74) is 2.85. The lowest BCUT2D eigenvalue weighted by Crippen LogP contribution is -2.22. The Hall–Kier alpha value is -1.84. The zero-order valence-electron chi connectivity index (χ0n) is 10.8. The van der Waals surface area contributed by atoms with Crippen molar-refractivity contribution in [3.8, 4) is 0 Å². The van der Waals surface area contributed by atoms with Gasteiger partial charge in [-0.25, -0.2) is 4.98 Å². The molecule has 0 saturated heterocycles. The van der Waals surface area contributed by atoms with Gasteiger partial charge in [-0.15, -0.1) is 0 Å². The monoisotopic (exact) mass is 251 g/mol. The van der Waals surface area contributed by atoms with Gasteiger partial charge in [-0.1, -0.05) is 24.6 Å². The Kier molecular flexibility index (Phi) is 3.01. The maximum Gasteiger partial charge on any atom is 0.303 e. The number of benzene rings is 1. The Bertz CT molecular complexity index is 641. The number of carbonyl (C=O) groups excluding carboxylic acids is 1. The van der Waals surface area contributed by atoms with Crippen molar-refractivity contribution in [2.45, 2.75) is 31.7 Å². The number of esters is 1. The Balaban J connectivity index is 2.12. The van der Waals surface area contributed by atoms with Crippen molar-refractivity contribution in [1.82, 2.24) is 4.98 Å². The van der Waals surface area contributed by atoms with E-state index in [1.807, 2.05) is 24.3 Å². The minimum atomic E-state index is -0.425. The van der Waals surface area contributed by atoms with E-state index in [0.717, 1.165) is 35.0 Å². The second kappa shape index (κ2) is 4.69. The molecule has 0 bridgehead atoms. The number of nitrogens with zero attached hydrogens (tertiary/aromatic N) is 1. The van der Waals surface area contributed by atoms with Crippen LogP contribution < -0.4 is 0 Å². The molecule has 1 aliphatic rings. The lowest BCUT2D eigenvalue weighted by molar-refractivity contribution is -0.147. The summed E-state index contributed by atoms with van der Waals surface area (Å²) < 4.78 is 5.35. The van der Waals surface area contributed by atoms with Gasteiger partial charge in [-0.05, 0) is 29.9 Å². The fourth-order valence-electron chi connectivity index (χ4n) is 2.62. The molecule has 0 amide bonds. The molecule has 3 rings (SSSR count). The summed E-state index contributed by atoms with van der Waals surface area (Å²) >= 11 is 0. The molecular formula is C15H14BNO2. The minimum absolute atomic E-state index is 0.176. The molecule has 4 heteroatoms. The van der Waals surface area contributed by atoms with E-state index in [1.165, 1.54) is 6.92 Å². The zero-order valence-corrected chi connectivity index (χ0v) is 10.8. The van der Waals surface area contributed by atoms with Crippen molar-refractivity contribution in [2.24, 2.45) is 0 Å². The van der Waals surface area contributed by atoms with E-state index in [1.54, 1.807) is 0 Å². The fraction of sp³-hybridized carbons (Fsp3) is 0.333. The van der Waals surface area contributed by atoms with Crippen molar-refractivity contribution in [3.05, 3.63) is 41.6 Å². The molecule has 1 unspecified atom stereocenters. The van der Waals surface area contributed by atoms with Crippen LogP contribution in [0, 0.1) is 0 Å². The highest BCUT2D eigenvalue weighted by atomic mass is 16.5. The van der Waals surface area contributed by atoms with Crippen molar-refractivity contribution in [2.75, 3.05) is 0 Å². The SMILES string of the molecule is [B][C@H]1CCc2cc3ccccc3nc2C1OC(C)=O. The molecule has 3 nitrogen and oxygen atoms in total. The summed E-state index contributed by atoms with van der Waals surface area (Å²) in [6.45, 7) is 1.40. The molecule has 0 fully saturated rings. The summed E-state index contributed by atoms with van der Waals surface area (Å²) in [6, 6.07) is 10.1. The molecule has 1 aromatic carbocycles. The first-order chi connectivity index (χ1) is 9.15. The molecule has 94 valence electrons. The number of pyridine rings is 1. The summed E-state index contributed by atoms with van der Waals surface area (Å²) in [7, 11) is 6.07. The number of para-hydroxylation sites is 1. The minimum Gasteiger partial charge on any atom is -0.457 e. The van der Waals surface area contributed by atoms with Crippen LogP contribution in [-0.2, 0) is 16.0 Å². The Labute approximate surface area is 113 Å². The number of aryl methyl sites for hydroxylation is 1. The summed E-state index contributed by atoms with van der Waals surface area (Å²) in [5, 5.41) is 1.11. The fourth-order valence-corrected chi connectivity index (χ4v) is 2.62. The number of rotatable bonds is 1. The molecule has 2 radical (unpaired) electrons. The van der Waals surface area contributed by atoms with Crippen LogP contribution in [0.15, 0.2) is 30.3 Å². The number of fused-ring (bicyclic) bond motifs is 2. The predicted octanol–water partition coefficient (Wildman–Crippen LogP) is 2.74. The highest BCUT2D eigenvalue weighted by Gasteiger charge is 2.30. The molecule has 1 aromatic heterocycles. The third kappa shape index (κ3) is 2.23. The molecule has 0 aliphatic heterocycles. The number of ether oxygens (including phenoxy) is 1. The molecular weight excluding hydrogens is 237 g/mol. The third-order valence-electron chi connectivity index (χ3n) is 3.53. The van der Waals surface area contributed by atoms with E-state index in [4.69, 9.17) is 12.6 Å². The maximum absolute atomic E-state index is 11.2. The highest BCUT2D eigenvalue weighted by Crippen LogP contribution is 2.39. The number of aromatic nitrogens is 1. The first kappa shape index (κ1) is 12.2. The van der Waals surface area contributed by atoms with Crippen molar-refractivity contribution < 1.29 is 9.53 Å². The molecule has 1 heterocycles. The lowest BCUT2D eigenvalue weighted by Gasteiger charge is -2.30. The van der Waals surface area contributed by atoms with Gasteiger partial charge in [0.05, 0.1) is 19.1 Å². The molecule has 2 atom stereocenters. The molecule has 2 aromatic rings. The third-order valence-corrected chi connectivity index (χ3v) is 3.53. The van der Waals surface area contributed by atoms with Gasteiger partial charge < -0.3 is 4.74 Å². The zero-order chi connectivity index (χ0) is 13.4. The van der Waals surface area contributed by atoms with Crippen molar-refractivity contribution in [3.63, 3.8) is 0 Å². The van der Waals surface area contributed by atoms with Crippen LogP contribution in [0.5, 0.6) is 0 Å². The number of hydrogen-bond donors (Lipinski definition) is 0. The second-order valence-electron chi connectivity index (χ2n) is 4.96. The van der Waals surface area contributed by atoms with Gasteiger partial charge in [0.2, 0.25) is 0 Å². The topological polar surface area (TPSA) is 39.2 Å². The molecule has 0 saturated carbocycles. The van der Waals surface area contributed by atoms with Gasteiger partial charge in [-0.2, -0.15) is 0 Å². The largest absolute Gasteiger partial charge is 0.457 e. The van der Waals surface area contributed by atoms with Gasteiger partial charge in [0.15, 0.2) is 0 Å². The van der Waals surface area contributed by atoms with Crippen LogP contribution in [-0.4, -0.2) is 18.8 Å². The molecule has 19 heavy (non-hydrogen) atoms. The van der Waals surface area contributed by atoms with E-state index in [2.05, 4.69) is 11.1 Å². The van der Waals surface area contributed by atoms with Crippen LogP contribution in [0.1, 0.15) is 30.7 Å². The quantitative estimate of drug-likeness (QED) is 0.577. The summed E-state index contributed by atoms with van der Waals surface area (Å²) in [6.07, 6.45) is 1.27. The number of carbonyl (C=O) groups is 1. The summed E-state index contributed by atoms with van der Waals surface area (Å²) in [5.74, 6) is -0.492. The predicted molar refractivity (Wildman–Crippen MR) is 74.1 cm³/mol. The van der Waals surface area contributed by atoms with E-state index in [9.17, 15) is 4.79 Å². The first-order valence-corrected chi connectivity index (χ1v) is 6.46. The van der Waals surface area contributed by atoms with Gasteiger partial charge in [0, 0.05) is 12.3 Å². The van der Waals surface area contributed by atoms with Crippen LogP contribution in [0.25, 0.3) is 10.9 Å². The standard InChI is InChI=1S/C15H14BNO2/c1-9(18)19-15-12(16)7-6-11-8-10-4-2-3-5-13(10)17-14(11)15/h2-5,8,12,15H,6-7H2,1H3/t12-,15?/m0/s1. The maximum atomic E-state index is 11.2. The van der Waals surface area contributed by atoms with Gasteiger partial charge in [-0.3, -0.25) is 4.79 Å². The van der Waals surface area contributed by atoms with Gasteiger partial charge >= 0.3 is 5.97 Å². The Morgan fingerprint density at radius 3 is 3.00 bits per heavy atom. The Morgan fingerprint density at radius 1 is 1.42 bits per heavy atom. The number of hydrogen-bond acceptors (Lipinski definition) is 3. The van der Waals surface area contributed by atoms with Gasteiger partial charge in [0.25, 0.3) is 0 Å². The van der Waals surface area contributed by atoms with E-state index in [0.29, 0.717) is 0 Å². The first-order valence-electron chi connectivity index (χ1n) is 6.46. The average molecular weight is 251 g/mol. The van der Waals surface area contributed by atoms with E-state index < -0.39 is 6.10 Å². The molecule has 0 N–H and O–H groups in total. The Morgan fingerprint density at radius 2 is 2.21 bits per heavy atom. The van der Waals surface area contributed by atoms with Crippen LogP contribution in [0.3, 0.4) is 0 Å². The van der Waals surface area contributed by atoms with E-state index in [-0.39, 0.29) is 11.8 Å². The van der Waals surface area contributed by atoms with Crippen LogP contribution in [0.2, 0.25) is 5.82 Å². The average Bonchev–Trinajstić information content (AvgIpc) is 2.40. The van der Waals surface area contributed by atoms with Crippen molar-refractivity contribution in [1.29, 1.82) is 0 Å². The van der Waals surface area contributed by atoms with Crippen LogP contribution in [0.4, 0.5) is 0 Å². The second-order valence-corrected chi connectivity index (χ2v) is 4.96. The van der Waals surface area contributed by atoms with E-state index >= 15 is 0 Å². The highest BCUT2D eigenvalue weighted by molar-refractivity contribution is 6.12. The smallest absolute Gasteiger partial charge is 0.303 e. The normalized spacial score (nSPS) is 21.9. The summed E-state index contributed by atoms with van der Waals surface area (Å²) in [4.78, 5) is 15.9. The molecule has 0 spiro atoms. The molecule has 1 aliphatic carbocycles. The van der Waals surface area contributed by atoms with Crippen LogP contribution >= 0.6 is 0 Å². The van der Waals surface area contributed by atoms with Gasteiger partial charge in [0.1, 0.15) is 6.10 Å².